The monoisotopic (exact) mass is 675 g/mol. The fraction of sp³-hybridized carbons (Fsp3) is 0.533. The number of hydrogen-bond donors (Lipinski definition) is 2. The first-order valence-corrected chi connectivity index (χ1v) is 20.1. The van der Waals surface area contributed by atoms with Gasteiger partial charge >= 0.3 is 0 Å². The molecule has 0 spiro atoms. The van der Waals surface area contributed by atoms with E-state index in [1.165, 1.54) is 99.3 Å². The first kappa shape index (κ1) is 39.1. The summed E-state index contributed by atoms with van der Waals surface area (Å²) in [4.78, 5) is 15.0. The third kappa shape index (κ3) is 11.7. The normalized spacial score (nSPS) is 11.2. The summed E-state index contributed by atoms with van der Waals surface area (Å²) in [6.07, 6.45) is 21.2. The Morgan fingerprint density at radius 1 is 0.460 bits per heavy atom. The molecule has 0 bridgehead atoms. The van der Waals surface area contributed by atoms with Gasteiger partial charge in [-0.1, -0.05) is 104 Å². The highest BCUT2D eigenvalue weighted by atomic mass is 15.2. The van der Waals surface area contributed by atoms with Crippen molar-refractivity contribution in [1.29, 1.82) is 0 Å². The van der Waals surface area contributed by atoms with Crippen molar-refractivity contribution >= 4 is 23.3 Å². The van der Waals surface area contributed by atoms with E-state index in [4.69, 9.17) is 15.0 Å². The summed E-state index contributed by atoms with van der Waals surface area (Å²) in [5.74, 6) is 1.77. The van der Waals surface area contributed by atoms with Crippen LogP contribution in [0.4, 0.5) is 23.3 Å². The highest BCUT2D eigenvalue weighted by molar-refractivity contribution is 5.66. The van der Waals surface area contributed by atoms with Crippen molar-refractivity contribution in [2.24, 2.45) is 0 Å². The third-order valence-corrected chi connectivity index (χ3v) is 9.75. The molecule has 0 amide bonds. The average molecular weight is 675 g/mol. The summed E-state index contributed by atoms with van der Waals surface area (Å²) >= 11 is 0. The Morgan fingerprint density at radius 3 is 1.14 bits per heavy atom. The number of rotatable bonds is 23. The second kappa shape index (κ2) is 21.5. The van der Waals surface area contributed by atoms with Crippen LogP contribution in [-0.2, 0) is 38.5 Å². The van der Waals surface area contributed by atoms with Crippen LogP contribution in [0.1, 0.15) is 152 Å². The SMILES string of the molecule is CCCCc1cc(Nc2nc(Nc3cc(CCCC)c(CCCC)c(CCCC)c3)nc(-c3cc[c]cc3)n2)cc(CCCC)c1CCCC. The Kier molecular flexibility index (Phi) is 16.8. The number of unbranched alkanes of at least 4 members (excludes halogenated alkanes) is 6. The van der Waals surface area contributed by atoms with Gasteiger partial charge in [-0.15, -0.1) is 0 Å². The molecule has 269 valence electrons. The van der Waals surface area contributed by atoms with Gasteiger partial charge in [0.1, 0.15) is 0 Å². The van der Waals surface area contributed by atoms with Crippen molar-refractivity contribution in [2.75, 3.05) is 10.6 Å². The van der Waals surface area contributed by atoms with E-state index in [9.17, 15) is 0 Å². The first-order chi connectivity index (χ1) is 24.5. The number of aromatic nitrogens is 3. The Balaban J connectivity index is 1.78. The first-order valence-electron chi connectivity index (χ1n) is 20.1. The van der Waals surface area contributed by atoms with Gasteiger partial charge in [0.25, 0.3) is 0 Å². The van der Waals surface area contributed by atoms with Gasteiger partial charge in [0.2, 0.25) is 11.9 Å². The van der Waals surface area contributed by atoms with E-state index in [0.717, 1.165) is 55.5 Å². The molecule has 1 heterocycles. The van der Waals surface area contributed by atoms with Crippen molar-refractivity contribution in [2.45, 2.75) is 157 Å². The van der Waals surface area contributed by atoms with E-state index in [1.807, 2.05) is 24.3 Å². The van der Waals surface area contributed by atoms with Crippen LogP contribution in [0.25, 0.3) is 11.4 Å². The van der Waals surface area contributed by atoms with Crippen LogP contribution in [0, 0.1) is 6.07 Å². The molecule has 4 aromatic rings. The Morgan fingerprint density at radius 2 is 0.800 bits per heavy atom. The molecule has 0 fully saturated rings. The molecule has 0 aliphatic heterocycles. The molecule has 5 heteroatoms. The highest BCUT2D eigenvalue weighted by Crippen LogP contribution is 2.31. The molecule has 0 saturated heterocycles. The van der Waals surface area contributed by atoms with Crippen molar-refractivity contribution in [3.05, 3.63) is 88.0 Å². The van der Waals surface area contributed by atoms with E-state index in [-0.39, 0.29) is 0 Å². The Labute approximate surface area is 304 Å². The second-order valence-corrected chi connectivity index (χ2v) is 14.0. The topological polar surface area (TPSA) is 62.7 Å². The number of benzene rings is 3. The Bertz CT molecular complexity index is 1420. The zero-order chi connectivity index (χ0) is 35.6. The van der Waals surface area contributed by atoms with Gasteiger partial charge in [-0.3, -0.25) is 0 Å². The number of nitrogens with zero attached hydrogens (tertiary/aromatic N) is 3. The minimum Gasteiger partial charge on any atom is -0.324 e. The largest absolute Gasteiger partial charge is 0.324 e. The maximum absolute atomic E-state index is 5.01. The van der Waals surface area contributed by atoms with Gasteiger partial charge in [0, 0.05) is 16.9 Å². The van der Waals surface area contributed by atoms with Gasteiger partial charge in [-0.25, -0.2) is 0 Å². The van der Waals surface area contributed by atoms with E-state index in [1.54, 1.807) is 11.1 Å². The molecule has 4 rings (SSSR count). The summed E-state index contributed by atoms with van der Waals surface area (Å²) in [5.41, 5.74) is 12.1. The zero-order valence-electron chi connectivity index (χ0n) is 32.2. The van der Waals surface area contributed by atoms with Crippen molar-refractivity contribution in [3.8, 4) is 11.4 Å². The minimum atomic E-state index is 0.562. The fourth-order valence-electron chi connectivity index (χ4n) is 6.86. The molecule has 0 aliphatic rings. The van der Waals surface area contributed by atoms with Gasteiger partial charge in [-0.2, -0.15) is 15.0 Å². The predicted octanol–water partition coefficient (Wildman–Crippen LogP) is 12.9. The molecule has 0 aliphatic carbocycles. The van der Waals surface area contributed by atoms with E-state index >= 15 is 0 Å². The van der Waals surface area contributed by atoms with Crippen LogP contribution in [0.3, 0.4) is 0 Å². The lowest BCUT2D eigenvalue weighted by Crippen LogP contribution is -2.09. The third-order valence-electron chi connectivity index (χ3n) is 9.75. The van der Waals surface area contributed by atoms with Crippen LogP contribution >= 0.6 is 0 Å². The Hall–Kier alpha value is -3.73. The van der Waals surface area contributed by atoms with E-state index in [0.29, 0.717) is 17.7 Å². The maximum atomic E-state index is 5.01. The highest BCUT2D eigenvalue weighted by Gasteiger charge is 2.16. The molecule has 0 unspecified atom stereocenters. The average Bonchev–Trinajstić information content (AvgIpc) is 3.13. The molecular formula is C45H64N5. The van der Waals surface area contributed by atoms with E-state index < -0.39 is 0 Å². The zero-order valence-corrected chi connectivity index (χ0v) is 32.2. The van der Waals surface area contributed by atoms with Crippen molar-refractivity contribution in [1.82, 2.24) is 15.0 Å². The van der Waals surface area contributed by atoms with Crippen molar-refractivity contribution < 1.29 is 0 Å². The summed E-state index contributed by atoms with van der Waals surface area (Å²) in [5, 5.41) is 7.32. The minimum absolute atomic E-state index is 0.562. The van der Waals surface area contributed by atoms with Gasteiger partial charge in [-0.05, 0) is 141 Å². The molecule has 1 radical (unpaired) electrons. The fourth-order valence-corrected chi connectivity index (χ4v) is 6.86. The summed E-state index contributed by atoms with van der Waals surface area (Å²) < 4.78 is 0. The lowest BCUT2D eigenvalue weighted by Gasteiger charge is -2.19. The molecule has 2 N–H and O–H groups in total. The second-order valence-electron chi connectivity index (χ2n) is 14.0. The molecule has 3 aromatic carbocycles. The molecular weight excluding hydrogens is 611 g/mol. The van der Waals surface area contributed by atoms with Crippen LogP contribution in [0.5, 0.6) is 0 Å². The molecule has 0 atom stereocenters. The molecule has 5 nitrogen and oxygen atoms in total. The smallest absolute Gasteiger partial charge is 0.232 e. The quantitative estimate of drug-likeness (QED) is 0.0820. The van der Waals surface area contributed by atoms with Crippen LogP contribution in [0.2, 0.25) is 0 Å². The lowest BCUT2D eigenvalue weighted by molar-refractivity contribution is 0.735. The van der Waals surface area contributed by atoms with Crippen molar-refractivity contribution in [3.63, 3.8) is 0 Å². The van der Waals surface area contributed by atoms with Gasteiger partial charge in [0.05, 0.1) is 0 Å². The van der Waals surface area contributed by atoms with E-state index in [2.05, 4.69) is 82.5 Å². The predicted molar refractivity (Wildman–Crippen MR) is 215 cm³/mol. The number of nitrogens with one attached hydrogen (secondary N) is 2. The maximum Gasteiger partial charge on any atom is 0.232 e. The standard InChI is InChI=1S/C45H64N5/c1-7-13-22-35-30-39(31-36(23-14-8-2)41(35)28-17-11-5)46-44-48-43(34-26-20-19-21-27-34)49-45(50-44)47-40-32-37(24-15-9-3)42(29-18-12-6)38(33-40)25-16-10-4/h20-21,26-27,30-33H,7-18,22-25,28-29H2,1-6H3,(H2,46,47,48,49,50). The van der Waals surface area contributed by atoms with Crippen LogP contribution < -0.4 is 10.6 Å². The number of hydrogen-bond acceptors (Lipinski definition) is 5. The van der Waals surface area contributed by atoms with Gasteiger partial charge < -0.3 is 10.6 Å². The van der Waals surface area contributed by atoms with Crippen LogP contribution in [-0.4, -0.2) is 15.0 Å². The molecule has 0 saturated carbocycles. The number of anilines is 4. The van der Waals surface area contributed by atoms with Crippen LogP contribution in [0.15, 0.2) is 48.5 Å². The lowest BCUT2D eigenvalue weighted by atomic mass is 9.90. The summed E-state index contributed by atoms with van der Waals surface area (Å²) in [6, 6.07) is 20.5. The number of aryl methyl sites for hydroxylation is 4. The summed E-state index contributed by atoms with van der Waals surface area (Å²) in [6.45, 7) is 13.7. The van der Waals surface area contributed by atoms with Gasteiger partial charge in [0.15, 0.2) is 5.82 Å². The molecule has 50 heavy (non-hydrogen) atoms. The molecule has 1 aromatic heterocycles. The summed E-state index contributed by atoms with van der Waals surface area (Å²) in [7, 11) is 0.